The lowest BCUT2D eigenvalue weighted by Crippen LogP contribution is -2.47. The van der Waals surface area contributed by atoms with E-state index in [0.717, 1.165) is 25.9 Å². The van der Waals surface area contributed by atoms with E-state index in [4.69, 9.17) is 0 Å². The van der Waals surface area contributed by atoms with Gasteiger partial charge in [-0.05, 0) is 47.1 Å². The third-order valence-corrected chi connectivity index (χ3v) is 5.58. The highest BCUT2D eigenvalue weighted by atomic mass is 32.2. The molecule has 1 aliphatic heterocycles. The second-order valence-electron chi connectivity index (χ2n) is 5.83. The number of sulfonamides is 1. The summed E-state index contributed by atoms with van der Waals surface area (Å²) >= 11 is 0. The van der Waals surface area contributed by atoms with E-state index in [9.17, 15) is 8.42 Å². The van der Waals surface area contributed by atoms with Gasteiger partial charge >= 0.3 is 0 Å². The molecule has 1 atom stereocenters. The molecule has 1 aliphatic rings. The lowest BCUT2D eigenvalue weighted by molar-refractivity contribution is 0.179. The first-order valence-electron chi connectivity index (χ1n) is 7.29. The minimum absolute atomic E-state index is 0.271. The number of hydrogen-bond acceptors (Lipinski definition) is 4. The maximum atomic E-state index is 12.1. The van der Waals surface area contributed by atoms with Gasteiger partial charge in [0.1, 0.15) is 0 Å². The largest absolute Gasteiger partial charge is 0.315 e. The summed E-state index contributed by atoms with van der Waals surface area (Å²) in [6, 6.07) is 0.863. The average Bonchev–Trinajstić information content (AvgIpc) is 2.34. The van der Waals surface area contributed by atoms with Crippen LogP contribution in [0.15, 0.2) is 0 Å². The molecule has 0 aromatic heterocycles. The lowest BCUT2D eigenvalue weighted by atomic mass is 10.2. The van der Waals surface area contributed by atoms with Crippen LogP contribution in [0.2, 0.25) is 0 Å². The second kappa shape index (κ2) is 7.57. The minimum Gasteiger partial charge on any atom is -0.315 e. The van der Waals surface area contributed by atoms with Gasteiger partial charge in [-0.25, -0.2) is 13.1 Å². The molecule has 0 aromatic carbocycles. The van der Waals surface area contributed by atoms with Crippen LogP contribution in [-0.4, -0.2) is 56.8 Å². The Kier molecular flexibility index (Phi) is 6.73. The zero-order chi connectivity index (χ0) is 14.5. The van der Waals surface area contributed by atoms with Gasteiger partial charge in [0.05, 0.1) is 5.25 Å². The molecule has 0 bridgehead atoms. The molecule has 0 aromatic rings. The van der Waals surface area contributed by atoms with Gasteiger partial charge in [0.2, 0.25) is 10.0 Å². The summed E-state index contributed by atoms with van der Waals surface area (Å²) in [6.07, 6.45) is 1.70. The van der Waals surface area contributed by atoms with E-state index in [1.54, 1.807) is 0 Å². The van der Waals surface area contributed by atoms with Gasteiger partial charge in [0.25, 0.3) is 0 Å². The summed E-state index contributed by atoms with van der Waals surface area (Å²) in [5.74, 6) is 0. The summed E-state index contributed by atoms with van der Waals surface area (Å²) < 4.78 is 27.0. The van der Waals surface area contributed by atoms with Crippen molar-refractivity contribution < 1.29 is 8.42 Å². The van der Waals surface area contributed by atoms with E-state index in [1.807, 2.05) is 0 Å². The van der Waals surface area contributed by atoms with Gasteiger partial charge < -0.3 is 5.32 Å². The summed E-state index contributed by atoms with van der Waals surface area (Å²) in [5, 5.41) is 2.88. The van der Waals surface area contributed by atoms with Crippen LogP contribution in [0.3, 0.4) is 0 Å². The van der Waals surface area contributed by atoms with Crippen molar-refractivity contribution in [2.24, 2.45) is 0 Å². The number of rotatable bonds is 7. The molecule has 1 fully saturated rings. The Morgan fingerprint density at radius 1 is 1.26 bits per heavy atom. The first-order chi connectivity index (χ1) is 8.84. The lowest BCUT2D eigenvalue weighted by Gasteiger charge is -2.31. The van der Waals surface area contributed by atoms with Gasteiger partial charge in [-0.15, -0.1) is 0 Å². The Bertz CT molecular complexity index is 341. The Hall–Kier alpha value is -0.170. The number of nitrogens with zero attached hydrogens (tertiary/aromatic N) is 1. The minimum atomic E-state index is -3.17. The summed E-state index contributed by atoms with van der Waals surface area (Å²) in [7, 11) is -3.17. The standard InChI is InChI=1S/C13H29N3O2S/c1-11(2)16(12(3)4)9-8-15-19(17,18)13-6-5-7-14-10-13/h11-15H,5-10H2,1-4H3. The van der Waals surface area contributed by atoms with Crippen LogP contribution < -0.4 is 10.0 Å². The van der Waals surface area contributed by atoms with Crippen molar-refractivity contribution in [1.29, 1.82) is 0 Å². The van der Waals surface area contributed by atoms with E-state index in [-0.39, 0.29) is 5.25 Å². The molecule has 1 heterocycles. The molecule has 19 heavy (non-hydrogen) atoms. The fourth-order valence-corrected chi connectivity index (χ4v) is 4.06. The number of nitrogens with one attached hydrogen (secondary N) is 2. The van der Waals surface area contributed by atoms with Gasteiger partial charge in [-0.3, -0.25) is 4.90 Å². The van der Waals surface area contributed by atoms with Crippen LogP contribution in [0.4, 0.5) is 0 Å². The molecule has 0 spiro atoms. The molecule has 5 nitrogen and oxygen atoms in total. The third-order valence-electron chi connectivity index (χ3n) is 3.69. The van der Waals surface area contributed by atoms with E-state index < -0.39 is 10.0 Å². The molecule has 0 radical (unpaired) electrons. The van der Waals surface area contributed by atoms with Crippen LogP contribution in [0.5, 0.6) is 0 Å². The molecule has 0 amide bonds. The average molecular weight is 291 g/mol. The molecule has 0 aliphatic carbocycles. The molecule has 6 heteroatoms. The Labute approximate surface area is 118 Å². The third kappa shape index (κ3) is 5.38. The quantitative estimate of drug-likeness (QED) is 0.727. The highest BCUT2D eigenvalue weighted by Gasteiger charge is 2.26. The van der Waals surface area contributed by atoms with Gasteiger partial charge in [0.15, 0.2) is 0 Å². The summed E-state index contributed by atoms with van der Waals surface area (Å²) in [5.41, 5.74) is 0. The van der Waals surface area contributed by atoms with E-state index in [1.165, 1.54) is 0 Å². The molecule has 1 saturated heterocycles. The zero-order valence-corrected chi connectivity index (χ0v) is 13.5. The smallest absolute Gasteiger partial charge is 0.215 e. The molecule has 114 valence electrons. The van der Waals surface area contributed by atoms with Crippen molar-refractivity contribution >= 4 is 10.0 Å². The van der Waals surface area contributed by atoms with E-state index >= 15 is 0 Å². The van der Waals surface area contributed by atoms with Crippen molar-refractivity contribution in [2.45, 2.75) is 57.9 Å². The van der Waals surface area contributed by atoms with E-state index in [2.05, 4.69) is 42.6 Å². The summed E-state index contributed by atoms with van der Waals surface area (Å²) in [4.78, 5) is 2.29. The molecule has 2 N–H and O–H groups in total. The molecular weight excluding hydrogens is 262 g/mol. The number of piperidine rings is 1. The fourth-order valence-electron chi connectivity index (χ4n) is 2.63. The summed E-state index contributed by atoms with van der Waals surface area (Å²) in [6.45, 7) is 11.3. The SMILES string of the molecule is CC(C)N(CCNS(=O)(=O)C1CCCNC1)C(C)C. The fraction of sp³-hybridized carbons (Fsp3) is 1.00. The predicted octanol–water partition coefficient (Wildman–Crippen LogP) is 0.777. The van der Waals surface area contributed by atoms with Crippen molar-refractivity contribution in [2.75, 3.05) is 26.2 Å². The first kappa shape index (κ1) is 16.9. The molecular formula is C13H29N3O2S. The molecule has 1 rings (SSSR count). The van der Waals surface area contributed by atoms with E-state index in [0.29, 0.717) is 25.2 Å². The maximum Gasteiger partial charge on any atom is 0.215 e. The Balaban J connectivity index is 2.42. The Morgan fingerprint density at radius 3 is 2.37 bits per heavy atom. The Morgan fingerprint density at radius 2 is 1.89 bits per heavy atom. The van der Waals surface area contributed by atoms with Crippen LogP contribution >= 0.6 is 0 Å². The van der Waals surface area contributed by atoms with Crippen LogP contribution in [0.25, 0.3) is 0 Å². The number of hydrogen-bond donors (Lipinski definition) is 2. The topological polar surface area (TPSA) is 61.4 Å². The second-order valence-corrected chi connectivity index (χ2v) is 7.88. The van der Waals surface area contributed by atoms with Crippen molar-refractivity contribution in [3.63, 3.8) is 0 Å². The highest BCUT2D eigenvalue weighted by molar-refractivity contribution is 7.90. The zero-order valence-electron chi connectivity index (χ0n) is 12.6. The normalized spacial score (nSPS) is 21.5. The highest BCUT2D eigenvalue weighted by Crippen LogP contribution is 2.10. The molecule has 0 saturated carbocycles. The predicted molar refractivity (Wildman–Crippen MR) is 79.8 cm³/mol. The maximum absolute atomic E-state index is 12.1. The van der Waals surface area contributed by atoms with Crippen molar-refractivity contribution in [1.82, 2.24) is 14.9 Å². The first-order valence-corrected chi connectivity index (χ1v) is 8.84. The van der Waals surface area contributed by atoms with Gasteiger partial charge in [-0.1, -0.05) is 0 Å². The van der Waals surface area contributed by atoms with Crippen molar-refractivity contribution in [3.8, 4) is 0 Å². The monoisotopic (exact) mass is 291 g/mol. The van der Waals surface area contributed by atoms with Crippen LogP contribution in [-0.2, 0) is 10.0 Å². The van der Waals surface area contributed by atoms with Crippen molar-refractivity contribution in [3.05, 3.63) is 0 Å². The van der Waals surface area contributed by atoms with Gasteiger partial charge in [0, 0.05) is 31.7 Å². The van der Waals surface area contributed by atoms with Crippen LogP contribution in [0, 0.1) is 0 Å². The van der Waals surface area contributed by atoms with Crippen LogP contribution in [0.1, 0.15) is 40.5 Å². The molecule has 1 unspecified atom stereocenters. The van der Waals surface area contributed by atoms with Gasteiger partial charge in [-0.2, -0.15) is 0 Å².